The van der Waals surface area contributed by atoms with E-state index in [4.69, 9.17) is 0 Å². The molecule has 0 aromatic carbocycles. The van der Waals surface area contributed by atoms with Gasteiger partial charge in [-0.2, -0.15) is 0 Å². The molecule has 0 heterocycles. The number of allylic oxidation sites excluding steroid dienone is 1. The number of hydrogen-bond donors (Lipinski definition) is 0. The van der Waals surface area contributed by atoms with Crippen LogP contribution in [-0.4, -0.2) is 0 Å². The number of rotatable bonds is 8. The van der Waals surface area contributed by atoms with Gasteiger partial charge in [-0.05, 0) is 25.7 Å². The first kappa shape index (κ1) is 12.7. The van der Waals surface area contributed by atoms with Crippen molar-refractivity contribution in [1.82, 2.24) is 0 Å². The summed E-state index contributed by atoms with van der Waals surface area (Å²) in [6, 6.07) is 0. The molecule has 78 valence electrons. The van der Waals surface area contributed by atoms with Crippen LogP contribution in [0, 0.1) is 5.92 Å². The number of unbranched alkanes of at least 4 members (excludes halogenated alkanes) is 4. The van der Waals surface area contributed by atoms with Gasteiger partial charge in [0.05, 0.1) is 0 Å². The lowest BCUT2D eigenvalue weighted by atomic mass is 9.92. The largest absolute Gasteiger partial charge is 0.0999 e. The predicted molar refractivity (Wildman–Crippen MR) is 62.0 cm³/mol. The molecule has 0 fully saturated rings. The van der Waals surface area contributed by atoms with E-state index in [1.807, 2.05) is 0 Å². The van der Waals surface area contributed by atoms with Crippen LogP contribution in [-0.2, 0) is 0 Å². The molecule has 0 saturated heterocycles. The van der Waals surface area contributed by atoms with Crippen LogP contribution in [0.2, 0.25) is 0 Å². The fourth-order valence-corrected chi connectivity index (χ4v) is 1.79. The van der Waals surface area contributed by atoms with Gasteiger partial charge in [0.2, 0.25) is 0 Å². The summed E-state index contributed by atoms with van der Waals surface area (Å²) < 4.78 is 0. The van der Waals surface area contributed by atoms with Gasteiger partial charge in [-0.1, -0.05) is 58.1 Å². The topological polar surface area (TPSA) is 0 Å². The third kappa shape index (κ3) is 6.86. The molecular weight excluding hydrogens is 156 g/mol. The van der Waals surface area contributed by atoms with E-state index in [0.717, 1.165) is 5.92 Å². The third-order valence-corrected chi connectivity index (χ3v) is 2.85. The summed E-state index contributed by atoms with van der Waals surface area (Å²) in [7, 11) is 0. The van der Waals surface area contributed by atoms with Crippen molar-refractivity contribution >= 4 is 0 Å². The monoisotopic (exact) mass is 182 g/mol. The standard InChI is InChI=1S/C13H26/c1-5-7-8-9-10-11-13(6-2)12(3)4/h13H,3,5-11H2,1-2,4H3. The van der Waals surface area contributed by atoms with E-state index in [9.17, 15) is 0 Å². The molecule has 0 spiro atoms. The Kier molecular flexibility index (Phi) is 8.18. The normalized spacial score (nSPS) is 12.8. The Morgan fingerprint density at radius 1 is 1.08 bits per heavy atom. The highest BCUT2D eigenvalue weighted by Gasteiger charge is 2.05. The zero-order chi connectivity index (χ0) is 10.1. The van der Waals surface area contributed by atoms with Crippen molar-refractivity contribution < 1.29 is 0 Å². The van der Waals surface area contributed by atoms with Crippen molar-refractivity contribution in [3.8, 4) is 0 Å². The minimum Gasteiger partial charge on any atom is -0.0999 e. The molecule has 0 aromatic heterocycles. The van der Waals surface area contributed by atoms with Gasteiger partial charge in [0.25, 0.3) is 0 Å². The predicted octanol–water partition coefficient (Wildman–Crippen LogP) is 4.95. The van der Waals surface area contributed by atoms with Crippen LogP contribution in [0.15, 0.2) is 12.2 Å². The van der Waals surface area contributed by atoms with Crippen molar-refractivity contribution in [2.45, 2.75) is 65.7 Å². The Bertz CT molecular complexity index is 124. The van der Waals surface area contributed by atoms with Crippen molar-refractivity contribution in [1.29, 1.82) is 0 Å². The molecule has 0 nitrogen and oxygen atoms in total. The molecule has 0 bridgehead atoms. The smallest absolute Gasteiger partial charge is 0.0211 e. The van der Waals surface area contributed by atoms with Crippen LogP contribution in [0.3, 0.4) is 0 Å². The van der Waals surface area contributed by atoms with Crippen molar-refractivity contribution in [2.75, 3.05) is 0 Å². The maximum absolute atomic E-state index is 4.04. The molecule has 0 N–H and O–H groups in total. The van der Waals surface area contributed by atoms with Crippen molar-refractivity contribution in [3.05, 3.63) is 12.2 Å². The van der Waals surface area contributed by atoms with Crippen LogP contribution in [0.5, 0.6) is 0 Å². The summed E-state index contributed by atoms with van der Waals surface area (Å²) in [4.78, 5) is 0. The summed E-state index contributed by atoms with van der Waals surface area (Å²) in [5.41, 5.74) is 1.37. The third-order valence-electron chi connectivity index (χ3n) is 2.85. The first-order valence-corrected chi connectivity index (χ1v) is 5.87. The first-order chi connectivity index (χ1) is 6.22. The Morgan fingerprint density at radius 2 is 1.69 bits per heavy atom. The Balaban J connectivity index is 3.33. The van der Waals surface area contributed by atoms with Crippen molar-refractivity contribution in [2.24, 2.45) is 5.92 Å². The molecule has 1 unspecified atom stereocenters. The van der Waals surface area contributed by atoms with Gasteiger partial charge >= 0.3 is 0 Å². The Labute approximate surface area is 84.4 Å². The Morgan fingerprint density at radius 3 is 2.15 bits per heavy atom. The maximum Gasteiger partial charge on any atom is -0.0211 e. The van der Waals surface area contributed by atoms with Gasteiger partial charge < -0.3 is 0 Å². The van der Waals surface area contributed by atoms with E-state index in [1.165, 1.54) is 50.5 Å². The fourth-order valence-electron chi connectivity index (χ4n) is 1.79. The second kappa shape index (κ2) is 8.34. The van der Waals surface area contributed by atoms with Gasteiger partial charge in [0, 0.05) is 0 Å². The molecule has 1 atom stereocenters. The van der Waals surface area contributed by atoms with Gasteiger partial charge in [-0.15, -0.1) is 0 Å². The average Bonchev–Trinajstić information content (AvgIpc) is 2.10. The SMILES string of the molecule is C=C(C)C(CC)CCCCCCC. The van der Waals surface area contributed by atoms with Crippen LogP contribution in [0.4, 0.5) is 0 Å². The lowest BCUT2D eigenvalue weighted by Gasteiger charge is -2.13. The van der Waals surface area contributed by atoms with Gasteiger partial charge in [-0.3, -0.25) is 0 Å². The van der Waals surface area contributed by atoms with Gasteiger partial charge in [0.15, 0.2) is 0 Å². The van der Waals surface area contributed by atoms with Crippen molar-refractivity contribution in [3.63, 3.8) is 0 Å². The highest BCUT2D eigenvalue weighted by Crippen LogP contribution is 2.20. The average molecular weight is 182 g/mol. The summed E-state index contributed by atoms with van der Waals surface area (Å²) in [6.07, 6.45) is 9.60. The van der Waals surface area contributed by atoms with Gasteiger partial charge in [-0.25, -0.2) is 0 Å². The minimum absolute atomic E-state index is 0.779. The van der Waals surface area contributed by atoms with E-state index in [1.54, 1.807) is 0 Å². The first-order valence-electron chi connectivity index (χ1n) is 5.87. The van der Waals surface area contributed by atoms with Gasteiger partial charge in [0.1, 0.15) is 0 Å². The Hall–Kier alpha value is -0.260. The lowest BCUT2D eigenvalue weighted by Crippen LogP contribution is -1.99. The van der Waals surface area contributed by atoms with E-state index < -0.39 is 0 Å². The summed E-state index contributed by atoms with van der Waals surface area (Å²) in [5.74, 6) is 0.779. The fraction of sp³-hybridized carbons (Fsp3) is 0.846. The summed E-state index contributed by atoms with van der Waals surface area (Å²) in [6.45, 7) is 10.7. The minimum atomic E-state index is 0.779. The number of hydrogen-bond acceptors (Lipinski definition) is 0. The lowest BCUT2D eigenvalue weighted by molar-refractivity contribution is 0.494. The summed E-state index contributed by atoms with van der Waals surface area (Å²) >= 11 is 0. The van der Waals surface area contributed by atoms with E-state index in [-0.39, 0.29) is 0 Å². The highest BCUT2D eigenvalue weighted by molar-refractivity contribution is 4.95. The molecule has 0 aromatic rings. The van der Waals surface area contributed by atoms with Crippen LogP contribution >= 0.6 is 0 Å². The van der Waals surface area contributed by atoms with Crippen LogP contribution < -0.4 is 0 Å². The molecular formula is C13H26. The molecule has 0 amide bonds. The molecule has 0 rings (SSSR count). The molecule has 0 heteroatoms. The zero-order valence-corrected chi connectivity index (χ0v) is 9.73. The molecule has 0 aliphatic heterocycles. The second-order valence-electron chi connectivity index (χ2n) is 4.15. The molecule has 0 radical (unpaired) electrons. The van der Waals surface area contributed by atoms with Crippen LogP contribution in [0.25, 0.3) is 0 Å². The van der Waals surface area contributed by atoms with Crippen LogP contribution in [0.1, 0.15) is 65.7 Å². The summed E-state index contributed by atoms with van der Waals surface area (Å²) in [5, 5.41) is 0. The van der Waals surface area contributed by atoms with E-state index in [2.05, 4.69) is 27.4 Å². The quantitative estimate of drug-likeness (QED) is 0.368. The highest BCUT2D eigenvalue weighted by atomic mass is 14.1. The second-order valence-corrected chi connectivity index (χ2v) is 4.15. The molecule has 0 aliphatic rings. The molecule has 13 heavy (non-hydrogen) atoms. The zero-order valence-electron chi connectivity index (χ0n) is 9.73. The molecule has 0 saturated carbocycles. The van der Waals surface area contributed by atoms with E-state index >= 15 is 0 Å². The maximum atomic E-state index is 4.04. The van der Waals surface area contributed by atoms with E-state index in [0.29, 0.717) is 0 Å². The molecule has 0 aliphatic carbocycles.